The van der Waals surface area contributed by atoms with Crippen LogP contribution in [-0.2, 0) is 15.0 Å². The molecule has 2 heterocycles. The molecule has 41 heavy (non-hydrogen) atoms. The average Bonchev–Trinajstić information content (AvgIpc) is 3.54. The number of carbonyl (C=O) groups is 2. The number of nitrogens with zero attached hydrogens (tertiary/aromatic N) is 2. The Morgan fingerprint density at radius 3 is 2.27 bits per heavy atom. The minimum atomic E-state index is -1.27. The molecule has 1 fully saturated rings. The van der Waals surface area contributed by atoms with E-state index in [-0.39, 0.29) is 35.8 Å². The zero-order valence-corrected chi connectivity index (χ0v) is 24.0. The first-order chi connectivity index (χ1) is 19.2. The van der Waals surface area contributed by atoms with Gasteiger partial charge >= 0.3 is 0 Å². The molecule has 0 unspecified atom stereocenters. The van der Waals surface area contributed by atoms with Gasteiger partial charge < -0.3 is 19.8 Å². The summed E-state index contributed by atoms with van der Waals surface area (Å²) in [7, 11) is 0. The van der Waals surface area contributed by atoms with E-state index in [9.17, 15) is 27.9 Å². The van der Waals surface area contributed by atoms with Crippen molar-refractivity contribution in [1.29, 1.82) is 0 Å². The van der Waals surface area contributed by atoms with Gasteiger partial charge in [-0.15, -0.1) is 0 Å². The van der Waals surface area contributed by atoms with Crippen LogP contribution in [-0.4, -0.2) is 45.7 Å². The summed E-state index contributed by atoms with van der Waals surface area (Å²) in [6, 6.07) is 8.00. The molecule has 1 saturated heterocycles. The van der Waals surface area contributed by atoms with Crippen LogP contribution in [0.2, 0.25) is 0 Å². The highest BCUT2D eigenvalue weighted by atomic mass is 19.2. The smallest absolute Gasteiger partial charge is 0.243 e. The molecule has 7 nitrogen and oxygen atoms in total. The van der Waals surface area contributed by atoms with Crippen molar-refractivity contribution in [2.24, 2.45) is 5.92 Å². The number of nitrogens with one attached hydrogen (secondary N) is 1. The molecule has 0 spiro atoms. The van der Waals surface area contributed by atoms with Crippen molar-refractivity contribution in [2.45, 2.75) is 77.5 Å². The lowest BCUT2D eigenvalue weighted by atomic mass is 9.88. The van der Waals surface area contributed by atoms with Crippen molar-refractivity contribution in [1.82, 2.24) is 15.4 Å². The van der Waals surface area contributed by atoms with Crippen LogP contribution in [0, 0.1) is 23.4 Å². The number of likely N-dealkylation sites (tertiary alicyclic amines) is 1. The maximum Gasteiger partial charge on any atom is 0.243 e. The minimum Gasteiger partial charge on any atom is -0.391 e. The lowest BCUT2D eigenvalue weighted by Crippen LogP contribution is -2.48. The van der Waals surface area contributed by atoms with Gasteiger partial charge in [-0.1, -0.05) is 64.0 Å². The minimum absolute atomic E-state index is 0.00818. The van der Waals surface area contributed by atoms with Crippen LogP contribution < -0.4 is 5.32 Å². The third-order valence-electron chi connectivity index (χ3n) is 7.50. The number of benzene rings is 2. The number of β-amino-alcohol motifs (C(OH)–C–C–N with tert-alkyl or cyclic N) is 1. The highest BCUT2D eigenvalue weighted by Crippen LogP contribution is 2.34. The van der Waals surface area contributed by atoms with Gasteiger partial charge in [0.25, 0.3) is 0 Å². The Labute approximate surface area is 237 Å². The molecule has 4 rings (SSSR count). The molecule has 1 aliphatic heterocycles. The van der Waals surface area contributed by atoms with E-state index in [2.05, 4.69) is 10.5 Å². The summed E-state index contributed by atoms with van der Waals surface area (Å²) in [5, 5.41) is 17.5. The Bertz CT molecular complexity index is 1410. The monoisotopic (exact) mass is 571 g/mol. The van der Waals surface area contributed by atoms with Crippen LogP contribution in [0.5, 0.6) is 0 Å². The number of aliphatic hydroxyl groups excluding tert-OH is 1. The Kier molecular flexibility index (Phi) is 8.63. The Morgan fingerprint density at radius 1 is 1.05 bits per heavy atom. The molecule has 4 atom stereocenters. The maximum absolute atomic E-state index is 14.2. The van der Waals surface area contributed by atoms with Crippen molar-refractivity contribution in [3.8, 4) is 11.1 Å². The zero-order valence-electron chi connectivity index (χ0n) is 24.0. The van der Waals surface area contributed by atoms with Crippen LogP contribution in [0.3, 0.4) is 0 Å². The number of halogens is 3. The Balaban J connectivity index is 1.50. The summed E-state index contributed by atoms with van der Waals surface area (Å²) in [6.07, 6.45) is -0.788. The predicted molar refractivity (Wildman–Crippen MR) is 147 cm³/mol. The second-order valence-corrected chi connectivity index (χ2v) is 12.1. The molecule has 220 valence electrons. The predicted octanol–water partition coefficient (Wildman–Crippen LogP) is 5.64. The molecule has 2 aromatic carbocycles. The summed E-state index contributed by atoms with van der Waals surface area (Å²) in [6.45, 7) is 11.5. The largest absolute Gasteiger partial charge is 0.391 e. The molecule has 10 heteroatoms. The molecule has 0 radical (unpaired) electrons. The first kappa shape index (κ1) is 30.3. The van der Waals surface area contributed by atoms with Crippen molar-refractivity contribution in [2.75, 3.05) is 6.54 Å². The summed E-state index contributed by atoms with van der Waals surface area (Å²) in [5.41, 5.74) is 0.756. The van der Waals surface area contributed by atoms with Gasteiger partial charge in [0.2, 0.25) is 11.8 Å². The topological polar surface area (TPSA) is 95.7 Å². The van der Waals surface area contributed by atoms with Crippen LogP contribution in [0.25, 0.3) is 11.1 Å². The normalized spacial score (nSPS) is 19.0. The zero-order chi connectivity index (χ0) is 30.2. The van der Waals surface area contributed by atoms with Gasteiger partial charge in [-0.3, -0.25) is 9.59 Å². The van der Waals surface area contributed by atoms with Crippen molar-refractivity contribution < 1.29 is 32.4 Å². The number of hydrogen-bond acceptors (Lipinski definition) is 5. The highest BCUT2D eigenvalue weighted by molar-refractivity contribution is 5.91. The standard InChI is InChI=1S/C31H36F3N3O4/c1-16(2)26(24-14-25(36-41-24)31(4,5)6)30(40)37-15-20(38)13-23(37)29(39)35-17(3)18-7-9-19(10-8-18)27-21(32)11-12-22(33)28(27)34/h7-12,14,16-17,20,23,26,38H,13,15H2,1-6H3,(H,35,39)/t17-,20+,23-,26+/m0/s1. The quantitative estimate of drug-likeness (QED) is 0.358. The number of hydrogen-bond donors (Lipinski definition) is 2. The van der Waals surface area contributed by atoms with Crippen LogP contribution >= 0.6 is 0 Å². The second kappa shape index (κ2) is 11.7. The van der Waals surface area contributed by atoms with Crippen molar-refractivity contribution in [3.63, 3.8) is 0 Å². The SMILES string of the molecule is CC(C)[C@@H](C(=O)N1C[C@H](O)C[C@H]1C(=O)N[C@@H](C)c1ccc(-c2c(F)ccc(F)c2F)cc1)c1cc(C(C)(C)C)no1. The third-order valence-corrected chi connectivity index (χ3v) is 7.50. The first-order valence-corrected chi connectivity index (χ1v) is 13.7. The highest BCUT2D eigenvalue weighted by Gasteiger charge is 2.43. The van der Waals surface area contributed by atoms with Gasteiger partial charge in [-0.05, 0) is 36.1 Å². The molecular weight excluding hydrogens is 535 g/mol. The third kappa shape index (κ3) is 6.32. The first-order valence-electron chi connectivity index (χ1n) is 13.7. The summed E-state index contributed by atoms with van der Waals surface area (Å²) in [4.78, 5) is 28.5. The van der Waals surface area contributed by atoms with E-state index in [1.165, 1.54) is 17.0 Å². The van der Waals surface area contributed by atoms with E-state index >= 15 is 0 Å². The number of rotatable bonds is 7. The molecule has 2 amide bonds. The van der Waals surface area contributed by atoms with E-state index < -0.39 is 53.0 Å². The van der Waals surface area contributed by atoms with E-state index in [0.29, 0.717) is 17.0 Å². The molecule has 3 aromatic rings. The summed E-state index contributed by atoms with van der Waals surface area (Å²) >= 11 is 0. The van der Waals surface area contributed by atoms with E-state index in [1.54, 1.807) is 25.1 Å². The maximum atomic E-state index is 14.2. The number of amides is 2. The average molecular weight is 572 g/mol. The fourth-order valence-corrected chi connectivity index (χ4v) is 5.13. The van der Waals surface area contributed by atoms with Gasteiger partial charge in [0.05, 0.1) is 23.4 Å². The van der Waals surface area contributed by atoms with Crippen molar-refractivity contribution >= 4 is 11.8 Å². The molecule has 0 saturated carbocycles. The van der Waals surface area contributed by atoms with Crippen LogP contribution in [0.15, 0.2) is 47.0 Å². The van der Waals surface area contributed by atoms with Crippen LogP contribution in [0.1, 0.15) is 76.9 Å². The van der Waals surface area contributed by atoms with E-state index in [1.807, 2.05) is 34.6 Å². The number of aromatic nitrogens is 1. The van der Waals surface area contributed by atoms with Gasteiger partial charge in [0.15, 0.2) is 11.6 Å². The lowest BCUT2D eigenvalue weighted by molar-refractivity contribution is -0.141. The fraction of sp³-hybridized carbons (Fsp3) is 0.452. The molecule has 2 N–H and O–H groups in total. The molecule has 1 aliphatic rings. The Morgan fingerprint density at radius 2 is 1.68 bits per heavy atom. The van der Waals surface area contributed by atoms with E-state index in [4.69, 9.17) is 4.52 Å². The molecule has 0 aliphatic carbocycles. The van der Waals surface area contributed by atoms with Gasteiger partial charge in [-0.25, -0.2) is 13.2 Å². The second-order valence-electron chi connectivity index (χ2n) is 12.1. The molecule has 1 aromatic heterocycles. The molecule has 0 bridgehead atoms. The fourth-order valence-electron chi connectivity index (χ4n) is 5.13. The van der Waals surface area contributed by atoms with Gasteiger partial charge in [0, 0.05) is 24.4 Å². The van der Waals surface area contributed by atoms with Crippen molar-refractivity contribution in [3.05, 3.63) is 76.9 Å². The number of aliphatic hydroxyl groups is 1. The number of carbonyl (C=O) groups excluding carboxylic acids is 2. The Hall–Kier alpha value is -3.66. The van der Waals surface area contributed by atoms with Gasteiger partial charge in [-0.2, -0.15) is 0 Å². The van der Waals surface area contributed by atoms with E-state index in [0.717, 1.165) is 12.1 Å². The van der Waals surface area contributed by atoms with Gasteiger partial charge in [0.1, 0.15) is 23.5 Å². The lowest BCUT2D eigenvalue weighted by Gasteiger charge is -2.29. The molecular formula is C31H36F3N3O4. The van der Waals surface area contributed by atoms with Crippen LogP contribution in [0.4, 0.5) is 13.2 Å². The summed E-state index contributed by atoms with van der Waals surface area (Å²) < 4.78 is 47.6. The summed E-state index contributed by atoms with van der Waals surface area (Å²) in [5.74, 6) is -4.52.